The maximum absolute atomic E-state index is 13.3. The first-order valence-electron chi connectivity index (χ1n) is 9.19. The number of benzene rings is 2. The van der Waals surface area contributed by atoms with Gasteiger partial charge in [-0.3, -0.25) is 4.79 Å². The monoisotopic (exact) mass is 458 g/mol. The van der Waals surface area contributed by atoms with E-state index in [0.717, 1.165) is 11.8 Å². The van der Waals surface area contributed by atoms with Crippen molar-refractivity contribution >= 4 is 29.1 Å². The molecule has 0 aromatic heterocycles. The average Bonchev–Trinajstić information content (AvgIpc) is 2.71. The zero-order chi connectivity index (χ0) is 21.9. The number of halogens is 4. The first-order valence-corrected chi connectivity index (χ1v) is 9.95. The summed E-state index contributed by atoms with van der Waals surface area (Å²) in [5.74, 6) is -0.818. The van der Waals surface area contributed by atoms with Crippen LogP contribution in [0.4, 0.5) is 8.78 Å². The molecule has 0 saturated carbocycles. The van der Waals surface area contributed by atoms with Gasteiger partial charge in [0.2, 0.25) is 0 Å². The summed E-state index contributed by atoms with van der Waals surface area (Å²) in [5.41, 5.74) is 0.758. The average molecular weight is 459 g/mol. The zero-order valence-corrected chi connectivity index (χ0v) is 17.7. The summed E-state index contributed by atoms with van der Waals surface area (Å²) < 4.78 is 37.3. The van der Waals surface area contributed by atoms with Gasteiger partial charge >= 0.3 is 0 Å². The summed E-state index contributed by atoms with van der Waals surface area (Å²) in [4.78, 5) is 11.8. The number of hydrogen-bond acceptors (Lipinski definition) is 4. The molecule has 0 saturated heterocycles. The lowest BCUT2D eigenvalue weighted by molar-refractivity contribution is -0.123. The van der Waals surface area contributed by atoms with E-state index in [4.69, 9.17) is 32.7 Å². The van der Waals surface area contributed by atoms with Crippen molar-refractivity contribution in [3.8, 4) is 11.5 Å². The summed E-state index contributed by atoms with van der Waals surface area (Å²) in [5, 5.41) is 5.86. The van der Waals surface area contributed by atoms with Crippen molar-refractivity contribution in [2.45, 2.75) is 12.8 Å². The number of amides is 1. The number of hydrogen-bond donors (Lipinski definition) is 2. The Balaban J connectivity index is 1.52. The first kappa shape index (κ1) is 23.8. The van der Waals surface area contributed by atoms with Crippen molar-refractivity contribution in [1.29, 1.82) is 0 Å². The third-order valence-corrected chi connectivity index (χ3v) is 4.48. The highest BCUT2D eigenvalue weighted by molar-refractivity contribution is 6.31. The lowest BCUT2D eigenvalue weighted by Gasteiger charge is -2.12. The van der Waals surface area contributed by atoms with Gasteiger partial charge in [-0.1, -0.05) is 29.8 Å². The van der Waals surface area contributed by atoms with Crippen LogP contribution < -0.4 is 20.1 Å². The van der Waals surface area contributed by atoms with E-state index in [-0.39, 0.29) is 28.3 Å². The summed E-state index contributed by atoms with van der Waals surface area (Å²) in [6.07, 6.45) is 1.21. The summed E-state index contributed by atoms with van der Waals surface area (Å²) in [6.45, 7) is 5.06. The van der Waals surface area contributed by atoms with Crippen molar-refractivity contribution in [1.82, 2.24) is 10.6 Å². The van der Waals surface area contributed by atoms with Gasteiger partial charge < -0.3 is 20.1 Å². The van der Waals surface area contributed by atoms with Crippen molar-refractivity contribution in [2.24, 2.45) is 0 Å². The van der Waals surface area contributed by atoms with Crippen LogP contribution in [0, 0.1) is 11.6 Å². The van der Waals surface area contributed by atoms with Crippen molar-refractivity contribution < 1.29 is 23.0 Å². The lowest BCUT2D eigenvalue weighted by atomic mass is 10.3. The molecule has 5 nitrogen and oxygen atoms in total. The van der Waals surface area contributed by atoms with Gasteiger partial charge in [-0.15, -0.1) is 0 Å². The molecule has 0 spiro atoms. The second kappa shape index (κ2) is 12.2. The number of rotatable bonds is 12. The largest absolute Gasteiger partial charge is 0.493 e. The molecule has 1 amide bonds. The molecular formula is C21H22Cl2F2N2O3. The molecule has 0 aliphatic carbocycles. The molecular weight excluding hydrogens is 437 g/mol. The number of carbonyl (C=O) groups excluding carboxylic acids is 1. The molecule has 2 rings (SSSR count). The van der Waals surface area contributed by atoms with E-state index < -0.39 is 11.6 Å². The fraction of sp³-hybridized carbons (Fsp3) is 0.286. The highest BCUT2D eigenvalue weighted by Gasteiger charge is 2.06. The summed E-state index contributed by atoms with van der Waals surface area (Å²) in [7, 11) is 0. The van der Waals surface area contributed by atoms with Crippen LogP contribution in [0.3, 0.4) is 0 Å². The van der Waals surface area contributed by atoms with Gasteiger partial charge in [0.1, 0.15) is 23.1 Å². The smallest absolute Gasteiger partial charge is 0.257 e. The van der Waals surface area contributed by atoms with E-state index in [1.54, 1.807) is 6.07 Å². The predicted molar refractivity (Wildman–Crippen MR) is 113 cm³/mol. The van der Waals surface area contributed by atoms with E-state index in [9.17, 15) is 13.6 Å². The zero-order valence-electron chi connectivity index (χ0n) is 16.2. The molecule has 0 atom stereocenters. The van der Waals surface area contributed by atoms with Gasteiger partial charge in [-0.05, 0) is 30.7 Å². The fourth-order valence-electron chi connectivity index (χ4n) is 2.30. The predicted octanol–water partition coefficient (Wildman–Crippen LogP) is 4.73. The molecule has 0 unspecified atom stereocenters. The maximum Gasteiger partial charge on any atom is 0.257 e. The van der Waals surface area contributed by atoms with Crippen LogP contribution in [0.2, 0.25) is 10.0 Å². The molecule has 2 aromatic carbocycles. The Hall–Kier alpha value is -2.51. The molecule has 0 bridgehead atoms. The second-order valence-corrected chi connectivity index (χ2v) is 7.09. The normalized spacial score (nSPS) is 10.4. The van der Waals surface area contributed by atoms with Crippen LogP contribution in [0.15, 0.2) is 48.7 Å². The number of carbonyl (C=O) groups is 1. The van der Waals surface area contributed by atoms with E-state index >= 15 is 0 Å². The van der Waals surface area contributed by atoms with Crippen LogP contribution in [-0.2, 0) is 4.79 Å². The van der Waals surface area contributed by atoms with E-state index in [1.165, 1.54) is 24.3 Å². The third-order valence-electron chi connectivity index (χ3n) is 3.87. The number of nitrogens with one attached hydrogen (secondary N) is 2. The fourth-order valence-corrected chi connectivity index (χ4v) is 2.54. The molecule has 0 aliphatic heterocycles. The summed E-state index contributed by atoms with van der Waals surface area (Å²) in [6, 6.07) is 8.25. The van der Waals surface area contributed by atoms with Gasteiger partial charge in [-0.2, -0.15) is 0 Å². The van der Waals surface area contributed by atoms with Crippen LogP contribution in [0.25, 0.3) is 0 Å². The van der Waals surface area contributed by atoms with Gasteiger partial charge in [0, 0.05) is 37.3 Å². The Morgan fingerprint density at radius 3 is 2.13 bits per heavy atom. The third kappa shape index (κ3) is 8.47. The molecule has 0 fully saturated rings. The van der Waals surface area contributed by atoms with E-state index in [0.29, 0.717) is 38.3 Å². The van der Waals surface area contributed by atoms with Crippen molar-refractivity contribution in [3.63, 3.8) is 0 Å². The molecule has 30 heavy (non-hydrogen) atoms. The summed E-state index contributed by atoms with van der Waals surface area (Å²) >= 11 is 11.2. The van der Waals surface area contributed by atoms with Crippen molar-refractivity contribution in [3.05, 3.63) is 70.4 Å². The highest BCUT2D eigenvalue weighted by Crippen LogP contribution is 2.21. The Morgan fingerprint density at radius 1 is 0.933 bits per heavy atom. The number of ether oxygens (including phenoxy) is 2. The SMILES string of the molecule is C=C(CCNC(=O)COc1ccc(Cl)c(F)c1)NCCCOc1ccc(Cl)c(F)c1. The Kier molecular flexibility index (Phi) is 9.70. The van der Waals surface area contributed by atoms with Gasteiger partial charge in [-0.25, -0.2) is 8.78 Å². The molecule has 162 valence electrons. The Bertz CT molecular complexity index is 881. The topological polar surface area (TPSA) is 59.6 Å². The van der Waals surface area contributed by atoms with E-state index in [1.807, 2.05) is 0 Å². The quantitative estimate of drug-likeness (QED) is 0.451. The lowest BCUT2D eigenvalue weighted by Crippen LogP contribution is -2.31. The van der Waals surface area contributed by atoms with Gasteiger partial charge in [0.15, 0.2) is 6.61 Å². The van der Waals surface area contributed by atoms with Gasteiger partial charge in [0.05, 0.1) is 16.7 Å². The van der Waals surface area contributed by atoms with Crippen LogP contribution in [0.5, 0.6) is 11.5 Å². The Morgan fingerprint density at radius 2 is 1.53 bits per heavy atom. The molecule has 9 heteroatoms. The van der Waals surface area contributed by atoms with Crippen LogP contribution >= 0.6 is 23.2 Å². The Labute approximate surface area is 184 Å². The molecule has 2 N–H and O–H groups in total. The minimum Gasteiger partial charge on any atom is -0.493 e. The molecule has 2 aromatic rings. The van der Waals surface area contributed by atoms with E-state index in [2.05, 4.69) is 17.2 Å². The second-order valence-electron chi connectivity index (χ2n) is 6.27. The van der Waals surface area contributed by atoms with Crippen molar-refractivity contribution in [2.75, 3.05) is 26.3 Å². The first-order chi connectivity index (χ1) is 14.3. The highest BCUT2D eigenvalue weighted by atomic mass is 35.5. The minimum atomic E-state index is -0.609. The van der Waals surface area contributed by atoms with Crippen LogP contribution in [0.1, 0.15) is 12.8 Å². The maximum atomic E-state index is 13.3. The standard InChI is InChI=1S/C21H22Cl2F2N2O3/c1-14(26-8-2-10-29-15-3-5-17(22)19(24)11-15)7-9-27-21(28)13-30-16-4-6-18(23)20(25)12-16/h3-6,11-12,26H,1-2,7-10,13H2,(H,27,28). The minimum absolute atomic E-state index is 0.0109. The molecule has 0 radical (unpaired) electrons. The van der Waals surface area contributed by atoms with Gasteiger partial charge in [0.25, 0.3) is 5.91 Å². The molecule has 0 heterocycles. The molecule has 0 aliphatic rings. The van der Waals surface area contributed by atoms with Crippen LogP contribution in [-0.4, -0.2) is 32.2 Å².